The number of para-hydroxylation sites is 1. The fourth-order valence-electron chi connectivity index (χ4n) is 4.28. The molecular formula is C27H29NO4. The van der Waals surface area contributed by atoms with E-state index in [1.165, 1.54) is 0 Å². The van der Waals surface area contributed by atoms with Crippen molar-refractivity contribution in [1.29, 1.82) is 0 Å². The smallest absolute Gasteiger partial charge is 0.416 e. The lowest BCUT2D eigenvalue weighted by Gasteiger charge is -2.30. The van der Waals surface area contributed by atoms with Crippen LogP contribution in [0.5, 0.6) is 11.5 Å². The Hall–Kier alpha value is -3.31. The first-order valence-electron chi connectivity index (χ1n) is 11.1. The highest BCUT2D eigenvalue weighted by Gasteiger charge is 2.36. The van der Waals surface area contributed by atoms with Gasteiger partial charge in [-0.25, -0.2) is 4.79 Å². The average Bonchev–Trinajstić information content (AvgIpc) is 3.14. The molecule has 3 aromatic carbocycles. The molecule has 32 heavy (non-hydrogen) atoms. The zero-order valence-electron chi connectivity index (χ0n) is 18.7. The SMILES string of the molecule is CCCN(C(=O)Oc1c(C)cccc1O[C@H](C)CO)C1c2ccccc2-c2ccccc21. The number of rotatable bonds is 7. The second kappa shape index (κ2) is 9.45. The van der Waals surface area contributed by atoms with Crippen molar-refractivity contribution in [2.45, 2.75) is 39.3 Å². The van der Waals surface area contributed by atoms with E-state index in [4.69, 9.17) is 9.47 Å². The van der Waals surface area contributed by atoms with Gasteiger partial charge in [-0.2, -0.15) is 0 Å². The van der Waals surface area contributed by atoms with Crippen molar-refractivity contribution in [2.24, 2.45) is 0 Å². The minimum atomic E-state index is -0.417. The molecule has 4 rings (SSSR count). The summed E-state index contributed by atoms with van der Waals surface area (Å²) in [7, 11) is 0. The van der Waals surface area contributed by atoms with Gasteiger partial charge in [-0.15, -0.1) is 0 Å². The Balaban J connectivity index is 1.70. The number of ether oxygens (including phenoxy) is 2. The lowest BCUT2D eigenvalue weighted by atomic mass is 10.0. The maximum absolute atomic E-state index is 13.6. The molecule has 0 heterocycles. The van der Waals surface area contributed by atoms with Gasteiger partial charge < -0.3 is 14.6 Å². The molecule has 1 aliphatic rings. The first kappa shape index (κ1) is 21.9. The van der Waals surface area contributed by atoms with Crippen LogP contribution >= 0.6 is 0 Å². The van der Waals surface area contributed by atoms with E-state index in [0.717, 1.165) is 34.2 Å². The highest BCUT2D eigenvalue weighted by molar-refractivity contribution is 5.82. The molecule has 0 aliphatic heterocycles. The maximum atomic E-state index is 13.6. The zero-order valence-corrected chi connectivity index (χ0v) is 18.7. The molecule has 1 atom stereocenters. The molecule has 1 amide bonds. The van der Waals surface area contributed by atoms with Crippen LogP contribution in [0.1, 0.15) is 43.0 Å². The number of hydrogen-bond acceptors (Lipinski definition) is 4. The molecule has 1 N–H and O–H groups in total. The summed E-state index contributed by atoms with van der Waals surface area (Å²) in [4.78, 5) is 15.4. The predicted molar refractivity (Wildman–Crippen MR) is 125 cm³/mol. The molecular weight excluding hydrogens is 402 g/mol. The molecule has 5 nitrogen and oxygen atoms in total. The monoisotopic (exact) mass is 431 g/mol. The van der Waals surface area contributed by atoms with Crippen LogP contribution in [0.25, 0.3) is 11.1 Å². The summed E-state index contributed by atoms with van der Waals surface area (Å²) in [6.45, 7) is 6.13. The van der Waals surface area contributed by atoms with Gasteiger partial charge in [-0.05, 0) is 54.2 Å². The van der Waals surface area contributed by atoms with Gasteiger partial charge in [0, 0.05) is 6.54 Å². The molecule has 1 aliphatic carbocycles. The van der Waals surface area contributed by atoms with E-state index < -0.39 is 12.2 Å². The number of benzene rings is 3. The lowest BCUT2D eigenvalue weighted by molar-refractivity contribution is 0.118. The van der Waals surface area contributed by atoms with Crippen molar-refractivity contribution in [3.63, 3.8) is 0 Å². The Morgan fingerprint density at radius 1 is 1.00 bits per heavy atom. The minimum absolute atomic E-state index is 0.126. The largest absolute Gasteiger partial charge is 0.484 e. The van der Waals surface area contributed by atoms with Crippen LogP contribution < -0.4 is 9.47 Å². The molecule has 0 bridgehead atoms. The van der Waals surface area contributed by atoms with Gasteiger partial charge in [0.15, 0.2) is 11.5 Å². The van der Waals surface area contributed by atoms with E-state index in [0.29, 0.717) is 18.0 Å². The molecule has 0 aromatic heterocycles. The van der Waals surface area contributed by atoms with E-state index in [1.807, 2.05) is 43.3 Å². The van der Waals surface area contributed by atoms with Crippen LogP contribution in [-0.4, -0.2) is 35.4 Å². The second-order valence-electron chi connectivity index (χ2n) is 8.15. The Morgan fingerprint density at radius 3 is 2.22 bits per heavy atom. The Bertz CT molecular complexity index is 1060. The number of carbonyl (C=O) groups is 1. The van der Waals surface area contributed by atoms with Crippen molar-refractivity contribution in [2.75, 3.05) is 13.2 Å². The number of carbonyl (C=O) groups excluding carboxylic acids is 1. The maximum Gasteiger partial charge on any atom is 0.416 e. The normalized spacial score (nSPS) is 13.2. The molecule has 0 fully saturated rings. The zero-order chi connectivity index (χ0) is 22.7. The molecule has 0 radical (unpaired) electrons. The summed E-state index contributed by atoms with van der Waals surface area (Å²) >= 11 is 0. The van der Waals surface area contributed by atoms with E-state index in [2.05, 4.69) is 31.2 Å². The van der Waals surface area contributed by atoms with Crippen LogP contribution in [0.4, 0.5) is 4.79 Å². The van der Waals surface area contributed by atoms with Crippen molar-refractivity contribution in [1.82, 2.24) is 4.90 Å². The van der Waals surface area contributed by atoms with E-state index in [-0.39, 0.29) is 12.6 Å². The predicted octanol–water partition coefficient (Wildman–Crippen LogP) is 5.74. The number of fused-ring (bicyclic) bond motifs is 3. The van der Waals surface area contributed by atoms with E-state index in [9.17, 15) is 9.90 Å². The number of amides is 1. The van der Waals surface area contributed by atoms with Crippen LogP contribution in [-0.2, 0) is 0 Å². The third-order valence-corrected chi connectivity index (χ3v) is 5.76. The van der Waals surface area contributed by atoms with Crippen LogP contribution in [0.15, 0.2) is 66.7 Å². The number of aryl methyl sites for hydroxylation is 1. The first-order valence-corrected chi connectivity index (χ1v) is 11.1. The van der Waals surface area contributed by atoms with Crippen LogP contribution in [0, 0.1) is 6.92 Å². The molecule has 3 aromatic rings. The molecule has 0 saturated heterocycles. The van der Waals surface area contributed by atoms with E-state index in [1.54, 1.807) is 17.9 Å². The van der Waals surface area contributed by atoms with Gasteiger partial charge in [0.05, 0.1) is 12.6 Å². The van der Waals surface area contributed by atoms with Gasteiger partial charge in [-0.1, -0.05) is 67.6 Å². The molecule has 0 spiro atoms. The molecule has 5 heteroatoms. The summed E-state index contributed by atoms with van der Waals surface area (Å²) in [5, 5.41) is 9.38. The quantitative estimate of drug-likeness (QED) is 0.519. The van der Waals surface area contributed by atoms with Gasteiger partial charge >= 0.3 is 6.09 Å². The third kappa shape index (κ3) is 4.08. The Morgan fingerprint density at radius 2 is 1.62 bits per heavy atom. The molecule has 166 valence electrons. The van der Waals surface area contributed by atoms with Crippen molar-refractivity contribution in [3.8, 4) is 22.6 Å². The first-order chi connectivity index (χ1) is 15.5. The highest BCUT2D eigenvalue weighted by atomic mass is 16.6. The average molecular weight is 432 g/mol. The summed E-state index contributed by atoms with van der Waals surface area (Å²) in [5.74, 6) is 0.835. The topological polar surface area (TPSA) is 59.0 Å². The number of hydrogen-bond donors (Lipinski definition) is 1. The lowest BCUT2D eigenvalue weighted by Crippen LogP contribution is -2.37. The second-order valence-corrected chi connectivity index (χ2v) is 8.15. The molecule has 0 saturated carbocycles. The Labute approximate surface area is 189 Å². The fraction of sp³-hybridized carbons (Fsp3) is 0.296. The summed E-state index contributed by atoms with van der Waals surface area (Å²) in [5.41, 5.74) is 5.31. The Kier molecular flexibility index (Phi) is 6.47. The van der Waals surface area contributed by atoms with Gasteiger partial charge in [-0.3, -0.25) is 4.90 Å². The summed E-state index contributed by atoms with van der Waals surface area (Å²) in [6, 6.07) is 21.7. The van der Waals surface area contributed by atoms with Crippen molar-refractivity contribution < 1.29 is 19.4 Å². The van der Waals surface area contributed by atoms with Gasteiger partial charge in [0.25, 0.3) is 0 Å². The number of nitrogens with zero attached hydrogens (tertiary/aromatic N) is 1. The van der Waals surface area contributed by atoms with E-state index >= 15 is 0 Å². The van der Waals surface area contributed by atoms with Gasteiger partial charge in [0.2, 0.25) is 0 Å². The minimum Gasteiger partial charge on any atom is -0.484 e. The van der Waals surface area contributed by atoms with Crippen LogP contribution in [0.3, 0.4) is 0 Å². The van der Waals surface area contributed by atoms with Crippen molar-refractivity contribution in [3.05, 3.63) is 83.4 Å². The standard InChI is InChI=1S/C27H29NO4/c1-4-16-28(25-22-13-7-5-11-20(22)21-12-6-8-14-23(21)25)27(30)32-26-18(2)10-9-15-24(26)31-19(3)17-29/h5-15,19,25,29H,4,16-17H2,1-3H3/t19-/m1/s1. The van der Waals surface area contributed by atoms with Crippen molar-refractivity contribution >= 4 is 6.09 Å². The third-order valence-electron chi connectivity index (χ3n) is 5.76. The van der Waals surface area contributed by atoms with Gasteiger partial charge in [0.1, 0.15) is 6.10 Å². The highest BCUT2D eigenvalue weighted by Crippen LogP contribution is 2.46. The molecule has 0 unspecified atom stereocenters. The summed E-state index contributed by atoms with van der Waals surface area (Å²) < 4.78 is 11.8. The van der Waals surface area contributed by atoms with Crippen LogP contribution in [0.2, 0.25) is 0 Å². The number of aliphatic hydroxyl groups excluding tert-OH is 1. The fourth-order valence-corrected chi connectivity index (χ4v) is 4.28. The summed E-state index contributed by atoms with van der Waals surface area (Å²) in [6.07, 6.45) is -0.0250. The number of aliphatic hydroxyl groups is 1.